The quantitative estimate of drug-likeness (QED) is 0.706. The topological polar surface area (TPSA) is 109 Å². The van der Waals surface area contributed by atoms with Crippen LogP contribution in [-0.2, 0) is 21.4 Å². The fraction of sp³-hybridized carbons (Fsp3) is 0.300. The van der Waals surface area contributed by atoms with E-state index in [1.165, 1.54) is 6.07 Å². The van der Waals surface area contributed by atoms with Crippen molar-refractivity contribution in [1.82, 2.24) is 0 Å². The van der Waals surface area contributed by atoms with E-state index in [1.807, 2.05) is 0 Å². The minimum atomic E-state index is -3.93. The smallest absolute Gasteiger partial charge is 0.323 e. The Morgan fingerprint density at radius 1 is 1.53 bits per heavy atom. The fourth-order valence-corrected chi connectivity index (χ4v) is 2.04. The lowest BCUT2D eigenvalue weighted by molar-refractivity contribution is -0.136. The summed E-state index contributed by atoms with van der Waals surface area (Å²) in [6.07, 6.45) is 0. The molecule has 94 valence electrons. The van der Waals surface area contributed by atoms with Crippen LogP contribution in [0.25, 0.3) is 0 Å². The van der Waals surface area contributed by atoms with Crippen molar-refractivity contribution in [1.29, 1.82) is 0 Å². The van der Waals surface area contributed by atoms with Crippen molar-refractivity contribution in [3.63, 3.8) is 0 Å². The lowest BCUT2D eigenvalue weighted by Gasteiger charge is -2.11. The number of benzene rings is 1. The predicted molar refractivity (Wildman–Crippen MR) is 64.0 cm³/mol. The largest absolute Gasteiger partial charge is 0.480 e. The van der Waals surface area contributed by atoms with Crippen LogP contribution >= 0.6 is 0 Å². The molecule has 0 amide bonds. The fourth-order valence-electron chi connectivity index (χ4n) is 1.15. The van der Waals surface area contributed by atoms with Gasteiger partial charge in [0, 0.05) is 12.2 Å². The Bertz CT molecular complexity index is 513. The first-order chi connectivity index (χ1) is 7.86. The minimum Gasteiger partial charge on any atom is -0.480 e. The van der Waals surface area contributed by atoms with E-state index in [0.29, 0.717) is 5.69 Å². The molecule has 0 heterocycles. The molecule has 0 aromatic heterocycles. The average Bonchev–Trinajstić information content (AvgIpc) is 2.27. The molecule has 6 nitrogen and oxygen atoms in total. The Balaban J connectivity index is 2.94. The van der Waals surface area contributed by atoms with Gasteiger partial charge in [0.05, 0.1) is 0 Å². The van der Waals surface area contributed by atoms with Crippen molar-refractivity contribution in [3.8, 4) is 0 Å². The van der Waals surface area contributed by atoms with Crippen LogP contribution in [-0.4, -0.2) is 24.7 Å². The summed E-state index contributed by atoms with van der Waals surface area (Å²) in [6, 6.07) is 6.49. The third-order valence-corrected chi connectivity index (χ3v) is 3.89. The number of carbonyl (C=O) groups is 1. The van der Waals surface area contributed by atoms with Gasteiger partial charge in [-0.2, -0.15) is 0 Å². The molecular weight excluding hydrogens is 244 g/mol. The van der Waals surface area contributed by atoms with Crippen LogP contribution in [0.1, 0.15) is 12.5 Å². The van der Waals surface area contributed by atoms with Crippen molar-refractivity contribution in [2.45, 2.75) is 18.7 Å². The van der Waals surface area contributed by atoms with Crippen LogP contribution in [0.15, 0.2) is 24.3 Å². The van der Waals surface area contributed by atoms with Gasteiger partial charge in [0.15, 0.2) is 5.25 Å². The summed E-state index contributed by atoms with van der Waals surface area (Å²) in [4.78, 5) is 10.6. The number of nitrogens with two attached hydrogens (primary N) is 1. The molecule has 0 aliphatic carbocycles. The van der Waals surface area contributed by atoms with Gasteiger partial charge in [-0.25, -0.2) is 8.42 Å². The van der Waals surface area contributed by atoms with Crippen LogP contribution in [0.2, 0.25) is 0 Å². The first-order valence-corrected chi connectivity index (χ1v) is 6.45. The Morgan fingerprint density at radius 2 is 2.18 bits per heavy atom. The van der Waals surface area contributed by atoms with Gasteiger partial charge in [0.1, 0.15) is 0 Å². The Hall–Kier alpha value is -1.60. The van der Waals surface area contributed by atoms with Gasteiger partial charge in [-0.3, -0.25) is 9.52 Å². The van der Waals surface area contributed by atoms with E-state index in [9.17, 15) is 13.2 Å². The van der Waals surface area contributed by atoms with Gasteiger partial charge in [0.25, 0.3) is 0 Å². The standard InChI is InChI=1S/C10H14N2O4S/c1-7(10(13)14)17(15,16)12-9-4-2-3-8(5-9)6-11/h2-5,7,12H,6,11H2,1H3,(H,13,14). The lowest BCUT2D eigenvalue weighted by Crippen LogP contribution is -2.32. The molecule has 0 spiro atoms. The Labute approximate surface area is 99.5 Å². The van der Waals surface area contributed by atoms with Crippen LogP contribution in [0.4, 0.5) is 5.69 Å². The maximum Gasteiger partial charge on any atom is 0.323 e. The molecule has 1 aromatic rings. The van der Waals surface area contributed by atoms with Crippen molar-refractivity contribution >= 4 is 21.7 Å². The molecular formula is C10H14N2O4S. The van der Waals surface area contributed by atoms with Gasteiger partial charge >= 0.3 is 5.97 Å². The summed E-state index contributed by atoms with van der Waals surface area (Å²) in [5.41, 5.74) is 6.48. The number of hydrogen-bond donors (Lipinski definition) is 3. The summed E-state index contributed by atoms with van der Waals surface area (Å²) in [5, 5.41) is 7.15. The molecule has 0 saturated carbocycles. The molecule has 1 aromatic carbocycles. The van der Waals surface area contributed by atoms with Gasteiger partial charge in [0.2, 0.25) is 10.0 Å². The summed E-state index contributed by atoms with van der Waals surface area (Å²) >= 11 is 0. The maximum absolute atomic E-state index is 11.6. The summed E-state index contributed by atoms with van der Waals surface area (Å²) in [7, 11) is -3.93. The number of hydrogen-bond acceptors (Lipinski definition) is 4. The van der Waals surface area contributed by atoms with E-state index in [0.717, 1.165) is 12.5 Å². The molecule has 1 rings (SSSR count). The first kappa shape index (κ1) is 13.5. The third kappa shape index (κ3) is 3.43. The van der Waals surface area contributed by atoms with Crippen molar-refractivity contribution in [2.75, 3.05) is 4.72 Å². The first-order valence-electron chi connectivity index (χ1n) is 4.90. The number of sulfonamides is 1. The van der Waals surface area contributed by atoms with Crippen LogP contribution in [0.5, 0.6) is 0 Å². The number of carboxylic acids is 1. The number of anilines is 1. The van der Waals surface area contributed by atoms with Gasteiger partial charge < -0.3 is 10.8 Å². The molecule has 0 bridgehead atoms. The molecule has 7 heteroatoms. The molecule has 0 aliphatic heterocycles. The normalized spacial score (nSPS) is 13.1. The molecule has 1 unspecified atom stereocenters. The molecule has 0 aliphatic rings. The second kappa shape index (κ2) is 5.15. The van der Waals surface area contributed by atoms with E-state index >= 15 is 0 Å². The second-order valence-electron chi connectivity index (χ2n) is 3.53. The summed E-state index contributed by atoms with van der Waals surface area (Å²) in [5.74, 6) is -1.40. The molecule has 17 heavy (non-hydrogen) atoms. The highest BCUT2D eigenvalue weighted by molar-refractivity contribution is 7.94. The van der Waals surface area contributed by atoms with E-state index in [-0.39, 0.29) is 6.54 Å². The number of rotatable bonds is 5. The van der Waals surface area contributed by atoms with E-state index in [1.54, 1.807) is 18.2 Å². The van der Waals surface area contributed by atoms with Crippen LogP contribution in [0, 0.1) is 0 Å². The van der Waals surface area contributed by atoms with Crippen LogP contribution in [0.3, 0.4) is 0 Å². The number of aliphatic carboxylic acids is 1. The lowest BCUT2D eigenvalue weighted by atomic mass is 10.2. The highest BCUT2D eigenvalue weighted by atomic mass is 32.2. The summed E-state index contributed by atoms with van der Waals surface area (Å²) < 4.78 is 25.4. The van der Waals surface area contributed by atoms with E-state index in [2.05, 4.69) is 4.72 Å². The van der Waals surface area contributed by atoms with Crippen molar-refractivity contribution in [2.24, 2.45) is 5.73 Å². The van der Waals surface area contributed by atoms with Gasteiger partial charge in [-0.05, 0) is 24.6 Å². The minimum absolute atomic E-state index is 0.282. The molecule has 4 N–H and O–H groups in total. The predicted octanol–water partition coefficient (Wildman–Crippen LogP) is 0.360. The Kier molecular flexibility index (Phi) is 4.08. The Morgan fingerprint density at radius 3 is 2.71 bits per heavy atom. The average molecular weight is 258 g/mol. The summed E-state index contributed by atoms with van der Waals surface area (Å²) in [6.45, 7) is 1.39. The monoisotopic (exact) mass is 258 g/mol. The van der Waals surface area contributed by atoms with E-state index < -0.39 is 21.2 Å². The SMILES string of the molecule is CC(C(=O)O)S(=O)(=O)Nc1cccc(CN)c1. The highest BCUT2D eigenvalue weighted by Crippen LogP contribution is 2.14. The zero-order valence-electron chi connectivity index (χ0n) is 9.25. The number of carboxylic acid groups (broad SMARTS) is 1. The van der Waals surface area contributed by atoms with Crippen LogP contribution < -0.4 is 10.5 Å². The third-order valence-electron chi connectivity index (χ3n) is 2.24. The van der Waals surface area contributed by atoms with Crippen molar-refractivity contribution < 1.29 is 18.3 Å². The van der Waals surface area contributed by atoms with Gasteiger partial charge in [-0.1, -0.05) is 12.1 Å². The molecule has 0 saturated heterocycles. The van der Waals surface area contributed by atoms with Gasteiger partial charge in [-0.15, -0.1) is 0 Å². The van der Waals surface area contributed by atoms with E-state index in [4.69, 9.17) is 10.8 Å². The molecule has 0 radical (unpaired) electrons. The number of nitrogens with one attached hydrogen (secondary N) is 1. The second-order valence-corrected chi connectivity index (χ2v) is 5.53. The maximum atomic E-state index is 11.6. The highest BCUT2D eigenvalue weighted by Gasteiger charge is 2.27. The van der Waals surface area contributed by atoms with Crippen molar-refractivity contribution in [3.05, 3.63) is 29.8 Å². The zero-order valence-corrected chi connectivity index (χ0v) is 10.1. The molecule has 1 atom stereocenters. The molecule has 0 fully saturated rings. The zero-order chi connectivity index (χ0) is 13.1.